The van der Waals surface area contributed by atoms with Crippen LogP contribution in [0.3, 0.4) is 0 Å². The molecule has 0 heterocycles. The van der Waals surface area contributed by atoms with Crippen LogP contribution in [0.25, 0.3) is 0 Å². The van der Waals surface area contributed by atoms with Gasteiger partial charge in [0.2, 0.25) is 0 Å². The summed E-state index contributed by atoms with van der Waals surface area (Å²) in [4.78, 5) is 12.2. The fourth-order valence-electron chi connectivity index (χ4n) is 2.60. The molecule has 1 aliphatic rings. The molecule has 0 saturated heterocycles. The topological polar surface area (TPSA) is 17.1 Å². The summed E-state index contributed by atoms with van der Waals surface area (Å²) in [6.07, 6.45) is 1.29. The van der Waals surface area contributed by atoms with Gasteiger partial charge in [-0.3, -0.25) is 4.79 Å². The number of carbonyl (C=O) groups is 1. The maximum absolute atomic E-state index is 13.9. The monoisotopic (exact) mass is 318 g/mol. The Balaban J connectivity index is 1.79. The van der Waals surface area contributed by atoms with Crippen LogP contribution < -0.4 is 0 Å². The molecule has 3 rings (SSSR count). The molecule has 2 aromatic carbocycles. The molecule has 96 valence electrons. The Labute approximate surface area is 119 Å². The zero-order valence-corrected chi connectivity index (χ0v) is 11.8. The predicted octanol–water partition coefficient (Wildman–Crippen LogP) is 4.50. The minimum atomic E-state index is -0.458. The molecule has 0 radical (unpaired) electrons. The van der Waals surface area contributed by atoms with Crippen LogP contribution in [0, 0.1) is 5.82 Å². The Kier molecular flexibility index (Phi) is 3.23. The second kappa shape index (κ2) is 4.89. The van der Waals surface area contributed by atoms with Crippen molar-refractivity contribution in [3.63, 3.8) is 0 Å². The van der Waals surface area contributed by atoms with Gasteiger partial charge in [-0.25, -0.2) is 4.39 Å². The Morgan fingerprint density at radius 3 is 2.79 bits per heavy atom. The predicted molar refractivity (Wildman–Crippen MR) is 75.9 cm³/mol. The van der Waals surface area contributed by atoms with E-state index in [0.29, 0.717) is 10.9 Å². The molecular formula is C16H12BrFO. The number of carbonyl (C=O) groups excluding carboxylic acids is 1. The number of benzene rings is 2. The van der Waals surface area contributed by atoms with E-state index in [9.17, 15) is 9.18 Å². The Bertz CT molecular complexity index is 651. The van der Waals surface area contributed by atoms with Crippen molar-refractivity contribution in [1.29, 1.82) is 0 Å². The lowest BCUT2D eigenvalue weighted by Crippen LogP contribution is -2.20. The maximum atomic E-state index is 13.9. The van der Waals surface area contributed by atoms with E-state index in [0.717, 1.165) is 6.42 Å². The lowest BCUT2D eigenvalue weighted by molar-refractivity contribution is 0.0966. The molecule has 3 heteroatoms. The van der Waals surface area contributed by atoms with E-state index in [1.165, 1.54) is 11.1 Å². The average molecular weight is 319 g/mol. The van der Waals surface area contributed by atoms with Crippen LogP contribution in [0.5, 0.6) is 0 Å². The lowest BCUT2D eigenvalue weighted by Gasteiger charge is -2.29. The first kappa shape index (κ1) is 12.5. The first-order chi connectivity index (χ1) is 9.16. The molecule has 2 aromatic rings. The SMILES string of the molecule is O=C(CC1Cc2ccccc21)c1cccc(Br)c1F. The summed E-state index contributed by atoms with van der Waals surface area (Å²) in [6.45, 7) is 0. The van der Waals surface area contributed by atoms with Crippen LogP contribution in [-0.2, 0) is 6.42 Å². The van der Waals surface area contributed by atoms with Gasteiger partial charge >= 0.3 is 0 Å². The lowest BCUT2D eigenvalue weighted by atomic mass is 9.74. The highest BCUT2D eigenvalue weighted by Crippen LogP contribution is 2.38. The third-order valence-corrected chi connectivity index (χ3v) is 4.26. The number of halogens is 2. The van der Waals surface area contributed by atoms with E-state index in [1.807, 2.05) is 18.2 Å². The minimum Gasteiger partial charge on any atom is -0.294 e. The number of rotatable bonds is 3. The second-order valence-corrected chi connectivity index (χ2v) is 5.68. The minimum absolute atomic E-state index is 0.127. The summed E-state index contributed by atoms with van der Waals surface area (Å²) in [7, 11) is 0. The van der Waals surface area contributed by atoms with Gasteiger partial charge in [0.15, 0.2) is 5.78 Å². The van der Waals surface area contributed by atoms with E-state index >= 15 is 0 Å². The highest BCUT2D eigenvalue weighted by atomic mass is 79.9. The van der Waals surface area contributed by atoms with Gasteiger partial charge in [-0.1, -0.05) is 30.3 Å². The van der Waals surface area contributed by atoms with E-state index in [-0.39, 0.29) is 17.3 Å². The molecule has 0 amide bonds. The van der Waals surface area contributed by atoms with Gasteiger partial charge in [0.05, 0.1) is 10.0 Å². The first-order valence-corrected chi connectivity index (χ1v) is 7.01. The molecule has 0 N–H and O–H groups in total. The third kappa shape index (κ3) is 2.23. The smallest absolute Gasteiger partial charge is 0.166 e. The van der Waals surface area contributed by atoms with Crippen molar-refractivity contribution in [2.75, 3.05) is 0 Å². The molecule has 0 bridgehead atoms. The summed E-state index contributed by atoms with van der Waals surface area (Å²) < 4.78 is 14.2. The van der Waals surface area contributed by atoms with Crippen molar-refractivity contribution in [1.82, 2.24) is 0 Å². The first-order valence-electron chi connectivity index (χ1n) is 6.22. The zero-order valence-electron chi connectivity index (χ0n) is 10.2. The molecule has 0 aromatic heterocycles. The fourth-order valence-corrected chi connectivity index (χ4v) is 2.96. The Morgan fingerprint density at radius 1 is 1.21 bits per heavy atom. The van der Waals surface area contributed by atoms with Gasteiger partial charge in [0.1, 0.15) is 5.82 Å². The van der Waals surface area contributed by atoms with Crippen molar-refractivity contribution in [3.8, 4) is 0 Å². The molecule has 1 unspecified atom stereocenters. The van der Waals surface area contributed by atoms with Crippen LogP contribution in [0.2, 0.25) is 0 Å². The third-order valence-electron chi connectivity index (χ3n) is 3.65. The molecule has 19 heavy (non-hydrogen) atoms. The largest absolute Gasteiger partial charge is 0.294 e. The van der Waals surface area contributed by atoms with Crippen molar-refractivity contribution in [2.45, 2.75) is 18.8 Å². The van der Waals surface area contributed by atoms with Gasteiger partial charge in [-0.2, -0.15) is 0 Å². The van der Waals surface area contributed by atoms with E-state index < -0.39 is 5.82 Å². The van der Waals surface area contributed by atoms with Gasteiger partial charge in [-0.15, -0.1) is 0 Å². The van der Waals surface area contributed by atoms with E-state index in [4.69, 9.17) is 0 Å². The number of fused-ring (bicyclic) bond motifs is 1. The standard InChI is InChI=1S/C16H12BrFO/c17-14-7-3-6-13(16(14)18)15(19)9-11-8-10-4-1-2-5-12(10)11/h1-7,11H,8-9H2. The molecule has 0 fully saturated rings. The van der Waals surface area contributed by atoms with Gasteiger partial charge in [0, 0.05) is 6.42 Å². The Hall–Kier alpha value is -1.48. The summed E-state index contributed by atoms with van der Waals surface area (Å²) in [5.74, 6) is -0.347. The molecule has 1 nitrogen and oxygen atoms in total. The number of Topliss-reactive ketones (excluding diaryl/α,β-unsaturated/α-hetero) is 1. The van der Waals surface area contributed by atoms with Gasteiger partial charge in [0.25, 0.3) is 0 Å². The van der Waals surface area contributed by atoms with Crippen LogP contribution >= 0.6 is 15.9 Å². The average Bonchev–Trinajstić information content (AvgIpc) is 2.39. The van der Waals surface area contributed by atoms with Gasteiger partial charge < -0.3 is 0 Å². The molecular weight excluding hydrogens is 307 g/mol. The van der Waals surface area contributed by atoms with E-state index in [1.54, 1.807) is 18.2 Å². The van der Waals surface area contributed by atoms with Gasteiger partial charge in [-0.05, 0) is 51.5 Å². The highest BCUT2D eigenvalue weighted by Gasteiger charge is 2.28. The number of hydrogen-bond acceptors (Lipinski definition) is 1. The molecule has 0 saturated carbocycles. The van der Waals surface area contributed by atoms with Crippen molar-refractivity contribution in [3.05, 3.63) is 69.4 Å². The van der Waals surface area contributed by atoms with E-state index in [2.05, 4.69) is 22.0 Å². The normalized spacial score (nSPS) is 16.6. The van der Waals surface area contributed by atoms with Crippen molar-refractivity contribution >= 4 is 21.7 Å². The van der Waals surface area contributed by atoms with Crippen LogP contribution in [0.15, 0.2) is 46.9 Å². The molecule has 1 aliphatic carbocycles. The quantitative estimate of drug-likeness (QED) is 0.761. The zero-order chi connectivity index (χ0) is 13.4. The second-order valence-electron chi connectivity index (χ2n) is 4.83. The van der Waals surface area contributed by atoms with Crippen molar-refractivity contribution < 1.29 is 9.18 Å². The van der Waals surface area contributed by atoms with Crippen LogP contribution in [-0.4, -0.2) is 5.78 Å². The summed E-state index contributed by atoms with van der Waals surface area (Å²) >= 11 is 3.11. The molecule has 0 aliphatic heterocycles. The fraction of sp³-hybridized carbons (Fsp3) is 0.188. The molecule has 1 atom stereocenters. The maximum Gasteiger partial charge on any atom is 0.166 e. The summed E-state index contributed by atoms with van der Waals surface area (Å²) in [5.41, 5.74) is 2.71. The Morgan fingerprint density at radius 2 is 2.00 bits per heavy atom. The van der Waals surface area contributed by atoms with Crippen LogP contribution in [0.1, 0.15) is 33.8 Å². The number of ketones is 1. The van der Waals surface area contributed by atoms with Crippen LogP contribution in [0.4, 0.5) is 4.39 Å². The highest BCUT2D eigenvalue weighted by molar-refractivity contribution is 9.10. The van der Waals surface area contributed by atoms with Crippen molar-refractivity contribution in [2.24, 2.45) is 0 Å². The number of hydrogen-bond donors (Lipinski definition) is 0. The summed E-state index contributed by atoms with van der Waals surface area (Å²) in [5, 5.41) is 0. The summed E-state index contributed by atoms with van der Waals surface area (Å²) in [6, 6.07) is 13.0. The molecule has 0 spiro atoms.